The largest absolute Gasteiger partial charge is 0.462 e. The van der Waals surface area contributed by atoms with Crippen molar-refractivity contribution in [2.45, 2.75) is 39.5 Å². The number of benzene rings is 3. The molecular weight excluding hydrogens is 523 g/mol. The number of ether oxygens (including phenoxy) is 3. The Hall–Kier alpha value is -4.78. The maximum Gasteiger partial charge on any atom is 0.338 e. The van der Waals surface area contributed by atoms with E-state index in [0.29, 0.717) is 16.7 Å². The van der Waals surface area contributed by atoms with Crippen LogP contribution in [-0.2, 0) is 25.5 Å². The van der Waals surface area contributed by atoms with Crippen LogP contribution in [0.4, 0.5) is 4.39 Å². The molecule has 0 saturated carbocycles. The molecule has 0 fully saturated rings. The van der Waals surface area contributed by atoms with E-state index < -0.39 is 23.7 Å². The van der Waals surface area contributed by atoms with E-state index in [1.807, 2.05) is 18.2 Å². The van der Waals surface area contributed by atoms with E-state index in [9.17, 15) is 14.4 Å². The summed E-state index contributed by atoms with van der Waals surface area (Å²) in [7, 11) is 0. The highest BCUT2D eigenvalue weighted by Crippen LogP contribution is 2.38. The van der Waals surface area contributed by atoms with Crippen molar-refractivity contribution in [2.24, 2.45) is 0 Å². The van der Waals surface area contributed by atoms with Crippen molar-refractivity contribution in [3.8, 4) is 33.8 Å². The maximum atomic E-state index is 15.6. The van der Waals surface area contributed by atoms with Crippen molar-refractivity contribution in [2.75, 3.05) is 6.61 Å². The first-order valence-corrected chi connectivity index (χ1v) is 13.1. The average molecular weight is 555 g/mol. The Kier molecular flexibility index (Phi) is 8.67. The lowest BCUT2D eigenvalue weighted by molar-refractivity contribution is -0.139. The van der Waals surface area contributed by atoms with Crippen molar-refractivity contribution in [1.82, 2.24) is 0 Å². The molecule has 3 aromatic rings. The Morgan fingerprint density at radius 2 is 1.32 bits per heavy atom. The van der Waals surface area contributed by atoms with E-state index in [4.69, 9.17) is 14.2 Å². The standard InChI is InChI=1S/C34H31FO6/c1-19(2)32(36)39-18-25-10-8-22-7-9-23(15-30(22)25)24-11-12-29(31(35)16-24)26-13-27(40-33(37)20(3)4)17-28(14-26)41-34(38)21(5)6/h7,9,11-17,25H,1,3,5,8,10,18H2,2,4,6H3. The normalized spacial score (nSPS) is 13.6. The molecule has 210 valence electrons. The number of esters is 3. The second kappa shape index (κ2) is 12.2. The fourth-order valence-electron chi connectivity index (χ4n) is 4.50. The summed E-state index contributed by atoms with van der Waals surface area (Å²) in [5.74, 6) is -2.07. The van der Waals surface area contributed by atoms with Gasteiger partial charge in [-0.25, -0.2) is 18.8 Å². The number of carbonyl (C=O) groups is 3. The van der Waals surface area contributed by atoms with Crippen molar-refractivity contribution >= 4 is 17.9 Å². The number of rotatable bonds is 9. The first kappa shape index (κ1) is 29.2. The molecule has 4 rings (SSSR count). The fourth-order valence-corrected chi connectivity index (χ4v) is 4.50. The van der Waals surface area contributed by atoms with Crippen LogP contribution in [0.25, 0.3) is 22.3 Å². The van der Waals surface area contributed by atoms with E-state index in [2.05, 4.69) is 19.7 Å². The molecule has 0 heterocycles. The fraction of sp³-hybridized carbons (Fsp3) is 0.206. The van der Waals surface area contributed by atoms with Crippen LogP contribution in [0.5, 0.6) is 11.5 Å². The zero-order valence-electron chi connectivity index (χ0n) is 23.3. The lowest BCUT2D eigenvalue weighted by atomic mass is 9.95. The summed E-state index contributed by atoms with van der Waals surface area (Å²) in [6.07, 6.45) is 1.74. The molecule has 0 spiro atoms. The van der Waals surface area contributed by atoms with Gasteiger partial charge in [0.05, 0.1) is 6.61 Å². The Morgan fingerprint density at radius 3 is 1.88 bits per heavy atom. The van der Waals surface area contributed by atoms with Gasteiger partial charge in [-0.1, -0.05) is 50.1 Å². The zero-order valence-corrected chi connectivity index (χ0v) is 23.3. The quantitative estimate of drug-likeness (QED) is 0.157. The van der Waals surface area contributed by atoms with Gasteiger partial charge in [0.25, 0.3) is 0 Å². The molecule has 3 aromatic carbocycles. The molecule has 1 atom stereocenters. The molecule has 0 amide bonds. The molecule has 0 aliphatic heterocycles. The molecule has 0 aromatic heterocycles. The van der Waals surface area contributed by atoms with Crippen molar-refractivity contribution in [3.63, 3.8) is 0 Å². The van der Waals surface area contributed by atoms with E-state index in [1.165, 1.54) is 43.7 Å². The minimum absolute atomic E-state index is 0.0577. The number of fused-ring (bicyclic) bond motifs is 1. The summed E-state index contributed by atoms with van der Waals surface area (Å²) in [5, 5.41) is 0. The van der Waals surface area contributed by atoms with Gasteiger partial charge in [0.1, 0.15) is 17.3 Å². The van der Waals surface area contributed by atoms with E-state index in [-0.39, 0.29) is 40.7 Å². The molecule has 0 N–H and O–H groups in total. The number of aryl methyl sites for hydroxylation is 1. The number of hydrogen-bond donors (Lipinski definition) is 0. The highest BCUT2D eigenvalue weighted by atomic mass is 19.1. The van der Waals surface area contributed by atoms with Crippen LogP contribution in [0.2, 0.25) is 0 Å². The van der Waals surface area contributed by atoms with E-state index in [0.717, 1.165) is 24.0 Å². The molecule has 6 nitrogen and oxygen atoms in total. The van der Waals surface area contributed by atoms with Crippen LogP contribution in [0, 0.1) is 5.82 Å². The zero-order chi connectivity index (χ0) is 29.8. The molecule has 0 bridgehead atoms. The van der Waals surface area contributed by atoms with Gasteiger partial charge in [-0.3, -0.25) is 0 Å². The maximum absolute atomic E-state index is 15.6. The van der Waals surface area contributed by atoms with Gasteiger partial charge in [0, 0.05) is 34.3 Å². The van der Waals surface area contributed by atoms with Crippen molar-refractivity contribution in [1.29, 1.82) is 0 Å². The van der Waals surface area contributed by atoms with Crippen LogP contribution in [0.1, 0.15) is 44.2 Å². The highest BCUT2D eigenvalue weighted by molar-refractivity contribution is 5.90. The first-order valence-electron chi connectivity index (χ1n) is 13.1. The van der Waals surface area contributed by atoms with Gasteiger partial charge in [-0.05, 0) is 79.6 Å². The molecule has 1 aliphatic rings. The average Bonchev–Trinajstić information content (AvgIpc) is 3.33. The lowest BCUT2D eigenvalue weighted by Crippen LogP contribution is -2.11. The van der Waals surface area contributed by atoms with Crippen LogP contribution in [0.15, 0.2) is 91.1 Å². The summed E-state index contributed by atoms with van der Waals surface area (Å²) in [6, 6.07) is 15.2. The van der Waals surface area contributed by atoms with E-state index >= 15 is 4.39 Å². The van der Waals surface area contributed by atoms with Gasteiger partial charge in [0.15, 0.2) is 0 Å². The second-order valence-electron chi connectivity index (χ2n) is 10.3. The Bertz CT molecular complexity index is 1550. The number of carbonyl (C=O) groups excluding carboxylic acids is 3. The van der Waals surface area contributed by atoms with Gasteiger partial charge in [-0.2, -0.15) is 0 Å². The van der Waals surface area contributed by atoms with Crippen LogP contribution < -0.4 is 9.47 Å². The van der Waals surface area contributed by atoms with Crippen LogP contribution in [-0.4, -0.2) is 24.5 Å². The molecule has 7 heteroatoms. The van der Waals surface area contributed by atoms with Gasteiger partial charge in [-0.15, -0.1) is 0 Å². The summed E-state index contributed by atoms with van der Waals surface area (Å²) in [6.45, 7) is 15.7. The van der Waals surface area contributed by atoms with Crippen molar-refractivity contribution in [3.05, 3.63) is 108 Å². The van der Waals surface area contributed by atoms with Gasteiger partial charge in [0.2, 0.25) is 0 Å². The minimum atomic E-state index is -0.667. The summed E-state index contributed by atoms with van der Waals surface area (Å²) in [4.78, 5) is 36.1. The summed E-state index contributed by atoms with van der Waals surface area (Å²) in [5.41, 5.74) is 5.03. The third kappa shape index (κ3) is 6.87. The topological polar surface area (TPSA) is 78.9 Å². The Balaban J connectivity index is 1.65. The minimum Gasteiger partial charge on any atom is -0.462 e. The smallest absolute Gasteiger partial charge is 0.338 e. The molecular formula is C34H31FO6. The van der Waals surface area contributed by atoms with Gasteiger partial charge >= 0.3 is 17.9 Å². The molecule has 0 saturated heterocycles. The molecule has 1 unspecified atom stereocenters. The third-order valence-electron chi connectivity index (χ3n) is 6.72. The second-order valence-corrected chi connectivity index (χ2v) is 10.3. The number of hydrogen-bond acceptors (Lipinski definition) is 6. The summed E-state index contributed by atoms with van der Waals surface area (Å²) >= 11 is 0. The number of halogens is 1. The van der Waals surface area contributed by atoms with Gasteiger partial charge < -0.3 is 14.2 Å². The lowest BCUT2D eigenvalue weighted by Gasteiger charge is -2.14. The molecule has 41 heavy (non-hydrogen) atoms. The van der Waals surface area contributed by atoms with E-state index in [1.54, 1.807) is 19.1 Å². The summed E-state index contributed by atoms with van der Waals surface area (Å²) < 4.78 is 31.7. The first-order chi connectivity index (χ1) is 19.4. The SMILES string of the molecule is C=C(C)C(=O)OCC1CCc2ccc(-c3ccc(-c4cc(OC(=O)C(=C)C)cc(OC(=O)C(=C)C)c4)c(F)c3)cc21. The Morgan fingerprint density at radius 1 is 0.756 bits per heavy atom. The Labute approximate surface area is 238 Å². The van der Waals surface area contributed by atoms with Crippen LogP contribution >= 0.6 is 0 Å². The van der Waals surface area contributed by atoms with Crippen LogP contribution in [0.3, 0.4) is 0 Å². The predicted molar refractivity (Wildman–Crippen MR) is 155 cm³/mol. The predicted octanol–water partition coefficient (Wildman–Crippen LogP) is 7.27. The third-order valence-corrected chi connectivity index (χ3v) is 6.72. The highest BCUT2D eigenvalue weighted by Gasteiger charge is 2.25. The monoisotopic (exact) mass is 554 g/mol. The molecule has 1 aliphatic carbocycles. The van der Waals surface area contributed by atoms with Crippen molar-refractivity contribution < 1.29 is 33.0 Å². The molecule has 0 radical (unpaired) electrons.